The standard InChI is InChI=1S/C14H27NO/c1-12(7-8-13-5-2-3-6-13)15-11-14(16)9-4-10-14/h12-13,15-16H,2-11H2,1H3. The lowest BCUT2D eigenvalue weighted by Crippen LogP contribution is -2.48. The number of aliphatic hydroxyl groups is 1. The van der Waals surface area contributed by atoms with E-state index in [0.29, 0.717) is 6.04 Å². The highest BCUT2D eigenvalue weighted by atomic mass is 16.3. The fourth-order valence-electron chi connectivity index (χ4n) is 3.01. The summed E-state index contributed by atoms with van der Waals surface area (Å²) in [4.78, 5) is 0. The first-order chi connectivity index (χ1) is 7.68. The van der Waals surface area contributed by atoms with E-state index in [9.17, 15) is 5.11 Å². The van der Waals surface area contributed by atoms with Crippen LogP contribution in [0.25, 0.3) is 0 Å². The van der Waals surface area contributed by atoms with Gasteiger partial charge in [-0.2, -0.15) is 0 Å². The van der Waals surface area contributed by atoms with Gasteiger partial charge < -0.3 is 10.4 Å². The molecule has 16 heavy (non-hydrogen) atoms. The summed E-state index contributed by atoms with van der Waals surface area (Å²) in [6.07, 6.45) is 11.7. The Morgan fingerprint density at radius 3 is 2.50 bits per heavy atom. The van der Waals surface area contributed by atoms with Crippen molar-refractivity contribution in [3.8, 4) is 0 Å². The number of hydrogen-bond acceptors (Lipinski definition) is 2. The summed E-state index contributed by atoms with van der Waals surface area (Å²) < 4.78 is 0. The average Bonchev–Trinajstić information content (AvgIpc) is 2.73. The number of rotatable bonds is 6. The molecular formula is C14H27NO. The van der Waals surface area contributed by atoms with Crippen LogP contribution in [0.15, 0.2) is 0 Å². The van der Waals surface area contributed by atoms with Gasteiger partial charge in [0.05, 0.1) is 5.60 Å². The molecule has 2 rings (SSSR count). The van der Waals surface area contributed by atoms with Gasteiger partial charge in [-0.25, -0.2) is 0 Å². The normalized spacial score (nSPS) is 26.6. The minimum atomic E-state index is -0.360. The van der Waals surface area contributed by atoms with Gasteiger partial charge in [0.25, 0.3) is 0 Å². The summed E-state index contributed by atoms with van der Waals surface area (Å²) in [6.45, 7) is 3.07. The third-order valence-corrected chi connectivity index (χ3v) is 4.55. The van der Waals surface area contributed by atoms with Crippen molar-refractivity contribution >= 4 is 0 Å². The van der Waals surface area contributed by atoms with Crippen molar-refractivity contribution in [3.63, 3.8) is 0 Å². The maximum atomic E-state index is 9.98. The zero-order valence-corrected chi connectivity index (χ0v) is 10.7. The first kappa shape index (κ1) is 12.4. The third kappa shape index (κ3) is 3.46. The molecule has 0 spiro atoms. The van der Waals surface area contributed by atoms with Crippen molar-refractivity contribution in [2.75, 3.05) is 6.54 Å². The topological polar surface area (TPSA) is 32.3 Å². The Hall–Kier alpha value is -0.0800. The molecule has 0 radical (unpaired) electrons. The van der Waals surface area contributed by atoms with Gasteiger partial charge >= 0.3 is 0 Å². The highest BCUT2D eigenvalue weighted by Gasteiger charge is 2.34. The van der Waals surface area contributed by atoms with Crippen LogP contribution in [0.4, 0.5) is 0 Å². The minimum absolute atomic E-state index is 0.360. The Bertz CT molecular complexity index is 207. The van der Waals surface area contributed by atoms with Crippen molar-refractivity contribution in [1.29, 1.82) is 0 Å². The molecule has 2 N–H and O–H groups in total. The molecule has 0 heterocycles. The molecule has 0 aliphatic heterocycles. The summed E-state index contributed by atoms with van der Waals surface area (Å²) >= 11 is 0. The Labute approximate surface area is 99.8 Å². The lowest BCUT2D eigenvalue weighted by Gasteiger charge is -2.37. The molecule has 2 heteroatoms. The second-order valence-electron chi connectivity index (χ2n) is 6.09. The monoisotopic (exact) mass is 225 g/mol. The highest BCUT2D eigenvalue weighted by Crippen LogP contribution is 2.31. The van der Waals surface area contributed by atoms with Crippen LogP contribution < -0.4 is 5.32 Å². The molecular weight excluding hydrogens is 198 g/mol. The van der Waals surface area contributed by atoms with Crippen LogP contribution in [0, 0.1) is 5.92 Å². The second kappa shape index (κ2) is 5.50. The molecule has 0 bridgehead atoms. The van der Waals surface area contributed by atoms with Crippen LogP contribution >= 0.6 is 0 Å². The van der Waals surface area contributed by atoms with E-state index in [1.165, 1.54) is 44.9 Å². The lowest BCUT2D eigenvalue weighted by molar-refractivity contribution is -0.0331. The minimum Gasteiger partial charge on any atom is -0.389 e. The van der Waals surface area contributed by atoms with Gasteiger partial charge in [-0.05, 0) is 44.9 Å². The van der Waals surface area contributed by atoms with Crippen LogP contribution in [0.5, 0.6) is 0 Å². The molecule has 2 saturated carbocycles. The Morgan fingerprint density at radius 1 is 1.25 bits per heavy atom. The smallest absolute Gasteiger partial charge is 0.0771 e. The predicted octanol–water partition coefficient (Wildman–Crippen LogP) is 2.85. The van der Waals surface area contributed by atoms with Crippen LogP contribution in [-0.2, 0) is 0 Å². The quantitative estimate of drug-likeness (QED) is 0.728. The first-order valence-corrected chi connectivity index (χ1v) is 7.14. The molecule has 1 unspecified atom stereocenters. The molecule has 2 nitrogen and oxygen atoms in total. The van der Waals surface area contributed by atoms with Gasteiger partial charge in [0.1, 0.15) is 0 Å². The SMILES string of the molecule is CC(CCC1CCCC1)NCC1(O)CCC1. The summed E-state index contributed by atoms with van der Waals surface area (Å²) in [7, 11) is 0. The van der Waals surface area contributed by atoms with Crippen molar-refractivity contribution in [3.05, 3.63) is 0 Å². The van der Waals surface area contributed by atoms with Crippen molar-refractivity contribution < 1.29 is 5.11 Å². The van der Waals surface area contributed by atoms with E-state index in [2.05, 4.69) is 12.2 Å². The molecule has 1 atom stereocenters. The number of hydrogen-bond donors (Lipinski definition) is 2. The Balaban J connectivity index is 1.55. The van der Waals surface area contributed by atoms with Gasteiger partial charge in [-0.15, -0.1) is 0 Å². The van der Waals surface area contributed by atoms with E-state index in [1.807, 2.05) is 0 Å². The summed E-state index contributed by atoms with van der Waals surface area (Å²) in [6, 6.07) is 0.574. The van der Waals surface area contributed by atoms with E-state index >= 15 is 0 Å². The summed E-state index contributed by atoms with van der Waals surface area (Å²) in [5, 5.41) is 13.5. The largest absolute Gasteiger partial charge is 0.389 e. The van der Waals surface area contributed by atoms with Crippen LogP contribution in [-0.4, -0.2) is 23.3 Å². The van der Waals surface area contributed by atoms with Crippen LogP contribution in [0.2, 0.25) is 0 Å². The van der Waals surface area contributed by atoms with E-state index in [1.54, 1.807) is 0 Å². The maximum Gasteiger partial charge on any atom is 0.0771 e. The molecule has 0 saturated heterocycles. The molecule has 0 aromatic carbocycles. The van der Waals surface area contributed by atoms with Gasteiger partial charge in [0.2, 0.25) is 0 Å². The third-order valence-electron chi connectivity index (χ3n) is 4.55. The van der Waals surface area contributed by atoms with Crippen LogP contribution in [0.1, 0.15) is 64.7 Å². The summed E-state index contributed by atoms with van der Waals surface area (Å²) in [5.41, 5.74) is -0.360. The van der Waals surface area contributed by atoms with Crippen molar-refractivity contribution in [2.24, 2.45) is 5.92 Å². The fraction of sp³-hybridized carbons (Fsp3) is 1.00. The molecule has 2 aliphatic rings. The molecule has 94 valence electrons. The van der Waals surface area contributed by atoms with E-state index in [0.717, 1.165) is 25.3 Å². The van der Waals surface area contributed by atoms with E-state index < -0.39 is 0 Å². The average molecular weight is 225 g/mol. The van der Waals surface area contributed by atoms with Gasteiger partial charge in [0, 0.05) is 12.6 Å². The molecule has 0 aromatic heterocycles. The van der Waals surface area contributed by atoms with E-state index in [4.69, 9.17) is 0 Å². The van der Waals surface area contributed by atoms with Crippen molar-refractivity contribution in [1.82, 2.24) is 5.32 Å². The Morgan fingerprint density at radius 2 is 1.94 bits per heavy atom. The second-order valence-corrected chi connectivity index (χ2v) is 6.09. The molecule has 2 fully saturated rings. The van der Waals surface area contributed by atoms with Gasteiger partial charge in [-0.3, -0.25) is 0 Å². The van der Waals surface area contributed by atoms with Crippen molar-refractivity contribution in [2.45, 2.75) is 76.4 Å². The van der Waals surface area contributed by atoms with Crippen LogP contribution in [0.3, 0.4) is 0 Å². The zero-order valence-electron chi connectivity index (χ0n) is 10.7. The predicted molar refractivity (Wildman–Crippen MR) is 67.5 cm³/mol. The lowest BCUT2D eigenvalue weighted by atomic mass is 9.80. The first-order valence-electron chi connectivity index (χ1n) is 7.14. The Kier molecular flexibility index (Phi) is 4.26. The number of nitrogens with one attached hydrogen (secondary N) is 1. The molecule has 2 aliphatic carbocycles. The molecule has 0 amide bonds. The summed E-state index contributed by atoms with van der Waals surface area (Å²) in [5.74, 6) is 0.996. The van der Waals surface area contributed by atoms with Gasteiger partial charge in [-0.1, -0.05) is 25.7 Å². The highest BCUT2D eigenvalue weighted by molar-refractivity contribution is 4.90. The maximum absolute atomic E-state index is 9.98. The van der Waals surface area contributed by atoms with Gasteiger partial charge in [0.15, 0.2) is 0 Å². The zero-order chi connectivity index (χ0) is 11.4. The fourth-order valence-corrected chi connectivity index (χ4v) is 3.01. The molecule has 0 aromatic rings. The van der Waals surface area contributed by atoms with E-state index in [-0.39, 0.29) is 5.60 Å².